The molecule has 1 nitrogen and oxygen atoms in total. The smallest absolute Gasteiger partial charge is 0.0619 e. The second kappa shape index (κ2) is 7.58. The summed E-state index contributed by atoms with van der Waals surface area (Å²) in [6.45, 7) is 0. The quantitative estimate of drug-likeness (QED) is 0.224. The molecule has 1 aromatic heterocycles. The molecule has 1 heterocycles. The van der Waals surface area contributed by atoms with E-state index in [-0.39, 0.29) is 0 Å². The van der Waals surface area contributed by atoms with Gasteiger partial charge in [-0.3, -0.25) is 0 Å². The lowest BCUT2D eigenvalue weighted by Gasteiger charge is -2.12. The standard InChI is InChI=1S/C32H20BrN/c33-30-12-6-5-9-25(30)23-13-17-24(18-14-23)34-31-26-10-3-1-7-21(26)15-19-28(31)29-20-16-22-8-2-4-11-27(22)32(29)34/h1-20H. The zero-order valence-corrected chi connectivity index (χ0v) is 20.0. The van der Waals surface area contributed by atoms with Crippen molar-refractivity contribution in [2.75, 3.05) is 0 Å². The summed E-state index contributed by atoms with van der Waals surface area (Å²) in [7, 11) is 0. The lowest BCUT2D eigenvalue weighted by molar-refractivity contribution is 1.19. The average Bonchev–Trinajstić information content (AvgIpc) is 3.24. The van der Waals surface area contributed by atoms with Crippen LogP contribution in [0.5, 0.6) is 0 Å². The van der Waals surface area contributed by atoms with Gasteiger partial charge < -0.3 is 4.57 Å². The van der Waals surface area contributed by atoms with Crippen LogP contribution in [0.1, 0.15) is 0 Å². The van der Waals surface area contributed by atoms with Crippen molar-refractivity contribution in [1.29, 1.82) is 0 Å². The van der Waals surface area contributed by atoms with Crippen molar-refractivity contribution in [3.8, 4) is 16.8 Å². The molecule has 6 aromatic carbocycles. The number of nitrogens with zero attached hydrogens (tertiary/aromatic N) is 1. The minimum atomic E-state index is 1.11. The van der Waals surface area contributed by atoms with Gasteiger partial charge in [-0.05, 0) is 40.1 Å². The summed E-state index contributed by atoms with van der Waals surface area (Å²) < 4.78 is 3.57. The van der Waals surface area contributed by atoms with Crippen LogP contribution in [0.2, 0.25) is 0 Å². The third kappa shape index (κ3) is 2.85. The topological polar surface area (TPSA) is 4.93 Å². The van der Waals surface area contributed by atoms with Crippen LogP contribution in [-0.2, 0) is 0 Å². The van der Waals surface area contributed by atoms with E-state index in [0.717, 1.165) is 4.47 Å². The van der Waals surface area contributed by atoms with Crippen molar-refractivity contribution in [3.63, 3.8) is 0 Å². The third-order valence-corrected chi connectivity index (χ3v) is 7.54. The molecule has 0 amide bonds. The summed E-state index contributed by atoms with van der Waals surface area (Å²) in [5, 5.41) is 7.63. The highest BCUT2D eigenvalue weighted by Crippen LogP contribution is 2.40. The molecule has 0 aliphatic heterocycles. The largest absolute Gasteiger partial charge is 0.308 e. The van der Waals surface area contributed by atoms with Crippen molar-refractivity contribution in [2.45, 2.75) is 0 Å². The maximum Gasteiger partial charge on any atom is 0.0619 e. The van der Waals surface area contributed by atoms with Gasteiger partial charge in [0.2, 0.25) is 0 Å². The normalized spacial score (nSPS) is 11.7. The lowest BCUT2D eigenvalue weighted by atomic mass is 10.0. The predicted octanol–water partition coefficient (Wildman–Crippen LogP) is 9.52. The number of fused-ring (bicyclic) bond motifs is 7. The Morgan fingerprint density at radius 2 is 0.971 bits per heavy atom. The van der Waals surface area contributed by atoms with Gasteiger partial charge in [-0.25, -0.2) is 0 Å². The van der Waals surface area contributed by atoms with Crippen molar-refractivity contribution in [3.05, 3.63) is 126 Å². The minimum absolute atomic E-state index is 1.11. The first kappa shape index (κ1) is 19.6. The molecule has 0 aliphatic carbocycles. The lowest BCUT2D eigenvalue weighted by Crippen LogP contribution is -1.95. The van der Waals surface area contributed by atoms with Crippen LogP contribution in [-0.4, -0.2) is 4.57 Å². The molecule has 7 aromatic rings. The van der Waals surface area contributed by atoms with E-state index < -0.39 is 0 Å². The van der Waals surface area contributed by atoms with E-state index in [4.69, 9.17) is 0 Å². The van der Waals surface area contributed by atoms with Crippen LogP contribution >= 0.6 is 15.9 Å². The maximum absolute atomic E-state index is 3.70. The molecular weight excluding hydrogens is 478 g/mol. The van der Waals surface area contributed by atoms with Gasteiger partial charge in [-0.2, -0.15) is 0 Å². The molecule has 0 aliphatic rings. The molecule has 7 rings (SSSR count). The van der Waals surface area contributed by atoms with Crippen molar-refractivity contribution in [1.82, 2.24) is 4.57 Å². The Bertz CT molecular complexity index is 1770. The van der Waals surface area contributed by atoms with Gasteiger partial charge in [0.15, 0.2) is 0 Å². The summed E-state index contributed by atoms with van der Waals surface area (Å²) >= 11 is 3.70. The number of hydrogen-bond acceptors (Lipinski definition) is 0. The fourth-order valence-electron chi connectivity index (χ4n) is 5.28. The van der Waals surface area contributed by atoms with E-state index >= 15 is 0 Å². The molecule has 0 bridgehead atoms. The SMILES string of the molecule is Brc1ccccc1-c1ccc(-n2c3c4ccccc4ccc3c3ccc4ccccc4c32)cc1. The van der Waals surface area contributed by atoms with Gasteiger partial charge in [0.25, 0.3) is 0 Å². The molecule has 2 heteroatoms. The zero-order valence-electron chi connectivity index (χ0n) is 18.4. The van der Waals surface area contributed by atoms with Crippen LogP contribution < -0.4 is 0 Å². The number of benzene rings is 6. The molecule has 160 valence electrons. The molecular formula is C32H20BrN. The number of rotatable bonds is 2. The Labute approximate surface area is 206 Å². The van der Waals surface area contributed by atoms with Gasteiger partial charge >= 0.3 is 0 Å². The van der Waals surface area contributed by atoms with E-state index in [1.807, 2.05) is 0 Å². The fourth-order valence-corrected chi connectivity index (χ4v) is 5.80. The van der Waals surface area contributed by atoms with Crippen LogP contribution in [0, 0.1) is 0 Å². The van der Waals surface area contributed by atoms with Gasteiger partial charge in [-0.1, -0.05) is 119 Å². The van der Waals surface area contributed by atoms with Crippen LogP contribution in [0.4, 0.5) is 0 Å². The van der Waals surface area contributed by atoms with Crippen molar-refractivity contribution < 1.29 is 0 Å². The molecule has 0 saturated heterocycles. The zero-order chi connectivity index (χ0) is 22.6. The highest BCUT2D eigenvalue weighted by Gasteiger charge is 2.17. The number of hydrogen-bond donors (Lipinski definition) is 0. The number of aromatic nitrogens is 1. The Morgan fingerprint density at radius 3 is 1.56 bits per heavy atom. The first-order valence-corrected chi connectivity index (χ1v) is 12.3. The van der Waals surface area contributed by atoms with E-state index in [1.54, 1.807) is 0 Å². The Hall–Kier alpha value is -3.88. The van der Waals surface area contributed by atoms with Crippen molar-refractivity contribution in [2.24, 2.45) is 0 Å². The first-order valence-electron chi connectivity index (χ1n) is 11.5. The second-order valence-corrected chi connectivity index (χ2v) is 9.58. The summed E-state index contributed by atoms with van der Waals surface area (Å²) in [5.74, 6) is 0. The summed E-state index contributed by atoms with van der Waals surface area (Å²) in [5.41, 5.74) is 6.10. The molecule has 0 atom stereocenters. The molecule has 0 N–H and O–H groups in total. The van der Waals surface area contributed by atoms with Crippen LogP contribution in [0.15, 0.2) is 126 Å². The number of halogens is 1. The highest BCUT2D eigenvalue weighted by atomic mass is 79.9. The molecule has 0 fully saturated rings. The summed E-state index contributed by atoms with van der Waals surface area (Å²) in [4.78, 5) is 0. The van der Waals surface area contributed by atoms with Crippen molar-refractivity contribution >= 4 is 59.3 Å². The van der Waals surface area contributed by atoms with E-state index in [1.165, 1.54) is 60.2 Å². The predicted molar refractivity (Wildman–Crippen MR) is 149 cm³/mol. The maximum atomic E-state index is 3.70. The summed E-state index contributed by atoms with van der Waals surface area (Å²) in [6, 6.07) is 43.7. The molecule has 0 saturated carbocycles. The average molecular weight is 498 g/mol. The third-order valence-electron chi connectivity index (χ3n) is 6.85. The van der Waals surface area contributed by atoms with E-state index in [9.17, 15) is 0 Å². The van der Waals surface area contributed by atoms with Crippen LogP contribution in [0.3, 0.4) is 0 Å². The van der Waals surface area contributed by atoms with Gasteiger partial charge in [-0.15, -0.1) is 0 Å². The molecule has 0 radical (unpaired) electrons. The van der Waals surface area contributed by atoms with Gasteiger partial charge in [0, 0.05) is 31.7 Å². The van der Waals surface area contributed by atoms with E-state index in [0.29, 0.717) is 0 Å². The monoisotopic (exact) mass is 497 g/mol. The molecule has 0 spiro atoms. The Balaban J connectivity index is 1.61. The fraction of sp³-hybridized carbons (Fsp3) is 0. The minimum Gasteiger partial charge on any atom is -0.308 e. The molecule has 34 heavy (non-hydrogen) atoms. The summed E-state index contributed by atoms with van der Waals surface area (Å²) in [6.07, 6.45) is 0. The van der Waals surface area contributed by atoms with E-state index in [2.05, 4.69) is 142 Å². The second-order valence-electron chi connectivity index (χ2n) is 8.73. The first-order chi connectivity index (χ1) is 16.8. The highest BCUT2D eigenvalue weighted by molar-refractivity contribution is 9.10. The van der Waals surface area contributed by atoms with Gasteiger partial charge in [0.05, 0.1) is 11.0 Å². The Kier molecular flexibility index (Phi) is 4.36. The Morgan fingerprint density at radius 1 is 0.441 bits per heavy atom. The molecule has 0 unspecified atom stereocenters. The van der Waals surface area contributed by atoms with Crippen LogP contribution in [0.25, 0.3) is 60.2 Å². The van der Waals surface area contributed by atoms with Gasteiger partial charge in [0.1, 0.15) is 0 Å².